The van der Waals surface area contributed by atoms with Crippen LogP contribution in [0.2, 0.25) is 5.02 Å². The molecule has 2 rings (SSSR count). The molecule has 0 amide bonds. The van der Waals surface area contributed by atoms with Crippen LogP contribution in [0.15, 0.2) is 36.4 Å². The Bertz CT molecular complexity index is 623. The standard InChI is InChI=1S/C18H22ClNO/c1-12-4-5-13(2)16(8-12)11-21-18-7-6-17(19)10-15(18)9-14(3)20/h4-8,10,14H,9,11,20H2,1-3H3. The predicted octanol–water partition coefficient (Wildman–Crippen LogP) is 4.43. The van der Waals surface area contributed by atoms with Gasteiger partial charge in [-0.2, -0.15) is 0 Å². The highest BCUT2D eigenvalue weighted by Crippen LogP contribution is 2.25. The Kier molecular flexibility index (Phi) is 5.27. The fourth-order valence-corrected chi connectivity index (χ4v) is 2.50. The molecule has 1 atom stereocenters. The highest BCUT2D eigenvalue weighted by atomic mass is 35.5. The second-order valence-corrected chi connectivity index (χ2v) is 6.09. The smallest absolute Gasteiger partial charge is 0.123 e. The second kappa shape index (κ2) is 6.97. The van der Waals surface area contributed by atoms with Crippen LogP contribution in [0.5, 0.6) is 5.75 Å². The van der Waals surface area contributed by atoms with Gasteiger partial charge in [0.15, 0.2) is 0 Å². The lowest BCUT2D eigenvalue weighted by atomic mass is 10.1. The number of benzene rings is 2. The Morgan fingerprint density at radius 3 is 2.57 bits per heavy atom. The summed E-state index contributed by atoms with van der Waals surface area (Å²) in [4.78, 5) is 0. The zero-order valence-corrected chi connectivity index (χ0v) is 13.6. The maximum absolute atomic E-state index is 6.07. The average molecular weight is 304 g/mol. The number of aryl methyl sites for hydroxylation is 2. The molecule has 3 heteroatoms. The molecule has 0 saturated heterocycles. The molecule has 0 aliphatic heterocycles. The molecule has 0 aromatic heterocycles. The maximum atomic E-state index is 6.07. The number of hydrogen-bond acceptors (Lipinski definition) is 2. The highest BCUT2D eigenvalue weighted by molar-refractivity contribution is 6.30. The van der Waals surface area contributed by atoms with E-state index in [1.165, 1.54) is 16.7 Å². The van der Waals surface area contributed by atoms with Crippen molar-refractivity contribution in [2.75, 3.05) is 0 Å². The quantitative estimate of drug-likeness (QED) is 0.887. The van der Waals surface area contributed by atoms with Crippen molar-refractivity contribution in [2.24, 2.45) is 5.73 Å². The van der Waals surface area contributed by atoms with Crippen molar-refractivity contribution in [3.63, 3.8) is 0 Å². The van der Waals surface area contributed by atoms with E-state index in [1.54, 1.807) is 0 Å². The van der Waals surface area contributed by atoms with Gasteiger partial charge >= 0.3 is 0 Å². The highest BCUT2D eigenvalue weighted by Gasteiger charge is 2.08. The number of rotatable bonds is 5. The summed E-state index contributed by atoms with van der Waals surface area (Å²) in [5.74, 6) is 0.859. The molecule has 0 bridgehead atoms. The van der Waals surface area contributed by atoms with Gasteiger partial charge in [-0.1, -0.05) is 35.4 Å². The fourth-order valence-electron chi connectivity index (χ4n) is 2.31. The predicted molar refractivity (Wildman–Crippen MR) is 89.1 cm³/mol. The van der Waals surface area contributed by atoms with E-state index >= 15 is 0 Å². The summed E-state index contributed by atoms with van der Waals surface area (Å²) in [6, 6.07) is 12.2. The van der Waals surface area contributed by atoms with Crippen molar-refractivity contribution in [1.29, 1.82) is 0 Å². The second-order valence-electron chi connectivity index (χ2n) is 5.65. The number of hydrogen-bond donors (Lipinski definition) is 1. The Morgan fingerprint density at radius 2 is 1.86 bits per heavy atom. The number of ether oxygens (including phenoxy) is 1. The van der Waals surface area contributed by atoms with Crippen LogP contribution in [-0.2, 0) is 13.0 Å². The summed E-state index contributed by atoms with van der Waals surface area (Å²) in [7, 11) is 0. The average Bonchev–Trinajstić information content (AvgIpc) is 2.41. The molecule has 2 aromatic carbocycles. The first kappa shape index (κ1) is 15.9. The van der Waals surface area contributed by atoms with Crippen molar-refractivity contribution in [1.82, 2.24) is 0 Å². The zero-order chi connectivity index (χ0) is 15.4. The van der Waals surface area contributed by atoms with Gasteiger partial charge in [0.2, 0.25) is 0 Å². The Hall–Kier alpha value is -1.51. The van der Waals surface area contributed by atoms with E-state index in [1.807, 2.05) is 25.1 Å². The lowest BCUT2D eigenvalue weighted by Crippen LogP contribution is -2.18. The van der Waals surface area contributed by atoms with Gasteiger partial charge in [-0.05, 0) is 62.1 Å². The van der Waals surface area contributed by atoms with Crippen LogP contribution in [0, 0.1) is 13.8 Å². The van der Waals surface area contributed by atoms with Crippen molar-refractivity contribution < 1.29 is 4.74 Å². The third kappa shape index (κ3) is 4.48. The Balaban J connectivity index is 2.17. The first-order valence-corrected chi connectivity index (χ1v) is 7.56. The Morgan fingerprint density at radius 1 is 1.10 bits per heavy atom. The van der Waals surface area contributed by atoms with Crippen LogP contribution >= 0.6 is 11.6 Å². The molecule has 112 valence electrons. The molecule has 0 heterocycles. The normalized spacial score (nSPS) is 12.2. The number of halogens is 1. The molecule has 0 saturated carbocycles. The first-order chi connectivity index (χ1) is 9.95. The summed E-state index contributed by atoms with van der Waals surface area (Å²) in [5, 5.41) is 0.713. The molecular formula is C18H22ClNO. The van der Waals surface area contributed by atoms with Gasteiger partial charge in [-0.25, -0.2) is 0 Å². The largest absolute Gasteiger partial charge is 0.489 e. The van der Waals surface area contributed by atoms with Crippen LogP contribution in [0.4, 0.5) is 0 Å². The summed E-state index contributed by atoms with van der Waals surface area (Å²) in [6.45, 7) is 6.73. The molecule has 2 nitrogen and oxygen atoms in total. The van der Waals surface area contributed by atoms with Gasteiger partial charge in [-0.15, -0.1) is 0 Å². The van der Waals surface area contributed by atoms with Gasteiger partial charge in [0, 0.05) is 11.1 Å². The minimum absolute atomic E-state index is 0.0755. The number of nitrogens with two attached hydrogens (primary N) is 1. The van der Waals surface area contributed by atoms with Crippen LogP contribution in [0.3, 0.4) is 0 Å². The molecule has 0 aliphatic carbocycles. The first-order valence-electron chi connectivity index (χ1n) is 7.18. The molecule has 2 N–H and O–H groups in total. The van der Waals surface area contributed by atoms with E-state index in [0.717, 1.165) is 17.7 Å². The van der Waals surface area contributed by atoms with Gasteiger partial charge in [-0.3, -0.25) is 0 Å². The van der Waals surface area contributed by atoms with Gasteiger partial charge in [0.1, 0.15) is 12.4 Å². The van der Waals surface area contributed by atoms with Crippen LogP contribution in [0.1, 0.15) is 29.2 Å². The minimum atomic E-state index is 0.0755. The van der Waals surface area contributed by atoms with Crippen molar-refractivity contribution in [2.45, 2.75) is 39.8 Å². The van der Waals surface area contributed by atoms with Crippen molar-refractivity contribution >= 4 is 11.6 Å². The van der Waals surface area contributed by atoms with E-state index < -0.39 is 0 Å². The fraction of sp³-hybridized carbons (Fsp3) is 0.333. The van der Waals surface area contributed by atoms with E-state index in [-0.39, 0.29) is 6.04 Å². The molecule has 0 radical (unpaired) electrons. The summed E-state index contributed by atoms with van der Waals surface area (Å²) in [6.07, 6.45) is 0.753. The molecule has 0 fully saturated rings. The maximum Gasteiger partial charge on any atom is 0.123 e. The molecule has 0 aliphatic rings. The van der Waals surface area contributed by atoms with E-state index in [4.69, 9.17) is 22.1 Å². The lowest BCUT2D eigenvalue weighted by Gasteiger charge is -2.15. The van der Waals surface area contributed by atoms with Crippen LogP contribution in [-0.4, -0.2) is 6.04 Å². The lowest BCUT2D eigenvalue weighted by molar-refractivity contribution is 0.301. The van der Waals surface area contributed by atoms with E-state index in [9.17, 15) is 0 Å². The summed E-state index contributed by atoms with van der Waals surface area (Å²) < 4.78 is 6.00. The van der Waals surface area contributed by atoms with Crippen LogP contribution in [0.25, 0.3) is 0 Å². The van der Waals surface area contributed by atoms with Gasteiger partial charge in [0.05, 0.1) is 0 Å². The molecule has 21 heavy (non-hydrogen) atoms. The van der Waals surface area contributed by atoms with Gasteiger partial charge < -0.3 is 10.5 Å². The molecule has 0 spiro atoms. The Labute approximate surface area is 131 Å². The molecular weight excluding hydrogens is 282 g/mol. The monoisotopic (exact) mass is 303 g/mol. The van der Waals surface area contributed by atoms with Gasteiger partial charge in [0.25, 0.3) is 0 Å². The van der Waals surface area contributed by atoms with Crippen molar-refractivity contribution in [3.05, 3.63) is 63.7 Å². The van der Waals surface area contributed by atoms with Crippen LogP contribution < -0.4 is 10.5 Å². The molecule has 1 unspecified atom stereocenters. The third-order valence-electron chi connectivity index (χ3n) is 3.45. The summed E-state index contributed by atoms with van der Waals surface area (Å²) in [5.41, 5.74) is 10.6. The summed E-state index contributed by atoms with van der Waals surface area (Å²) >= 11 is 6.07. The van der Waals surface area contributed by atoms with E-state index in [0.29, 0.717) is 11.6 Å². The minimum Gasteiger partial charge on any atom is -0.489 e. The SMILES string of the molecule is Cc1ccc(C)c(COc2ccc(Cl)cc2CC(C)N)c1. The zero-order valence-electron chi connectivity index (χ0n) is 12.8. The molecule has 2 aromatic rings. The third-order valence-corrected chi connectivity index (χ3v) is 3.69. The van der Waals surface area contributed by atoms with Crippen molar-refractivity contribution in [3.8, 4) is 5.75 Å². The topological polar surface area (TPSA) is 35.2 Å². The van der Waals surface area contributed by atoms with E-state index in [2.05, 4.69) is 32.0 Å².